The summed E-state index contributed by atoms with van der Waals surface area (Å²) >= 11 is 0. The second kappa shape index (κ2) is 35.0. The zero-order valence-corrected chi connectivity index (χ0v) is 34.9. The first-order valence-corrected chi connectivity index (χ1v) is 22.2. The number of carbonyl (C=O) groups is 2. The summed E-state index contributed by atoms with van der Waals surface area (Å²) < 4.78 is 34.2. The highest BCUT2D eigenvalue weighted by molar-refractivity contribution is 7.47. The van der Waals surface area contributed by atoms with Gasteiger partial charge in [-0.15, -0.1) is 0 Å². The number of phosphoric acid groups is 1. The largest absolute Gasteiger partial charge is 0.472 e. The maximum Gasteiger partial charge on any atom is 0.472 e. The molecule has 0 aromatic rings. The van der Waals surface area contributed by atoms with Gasteiger partial charge in [0.1, 0.15) is 19.8 Å². The van der Waals surface area contributed by atoms with Crippen LogP contribution in [0.25, 0.3) is 0 Å². The van der Waals surface area contributed by atoms with E-state index in [1.807, 2.05) is 21.1 Å². The number of ether oxygens (including phenoxy) is 2. The van der Waals surface area contributed by atoms with Crippen molar-refractivity contribution in [1.82, 2.24) is 0 Å². The van der Waals surface area contributed by atoms with E-state index < -0.39 is 26.5 Å². The predicted molar refractivity (Wildman–Crippen MR) is 215 cm³/mol. The van der Waals surface area contributed by atoms with E-state index in [0.29, 0.717) is 17.4 Å². The fourth-order valence-corrected chi connectivity index (χ4v) is 6.18. The number of hydrogen-bond acceptors (Lipinski definition) is 7. The molecule has 1 N–H and O–H groups in total. The van der Waals surface area contributed by atoms with Crippen molar-refractivity contribution in [1.29, 1.82) is 0 Å². The number of likely N-dealkylation sites (N-methyl/N-ethyl adjacent to an activating group) is 1. The fraction of sp³-hybridized carbons (Fsp3) is 0.810. The molecule has 52 heavy (non-hydrogen) atoms. The van der Waals surface area contributed by atoms with Crippen LogP contribution in [0.5, 0.6) is 0 Å². The Morgan fingerprint density at radius 2 is 1.10 bits per heavy atom. The summed E-state index contributed by atoms with van der Waals surface area (Å²) in [5.74, 6) is -0.817. The Morgan fingerprint density at radius 1 is 0.615 bits per heavy atom. The van der Waals surface area contributed by atoms with Crippen molar-refractivity contribution in [3.8, 4) is 0 Å². The lowest BCUT2D eigenvalue weighted by molar-refractivity contribution is -0.870. The minimum Gasteiger partial charge on any atom is -0.462 e. The molecule has 0 bridgehead atoms. The van der Waals surface area contributed by atoms with E-state index in [0.717, 1.165) is 70.6 Å². The Labute approximate surface area is 319 Å². The normalized spacial score (nSPS) is 14.0. The molecule has 304 valence electrons. The number of unbranched alkanes of at least 4 members (excludes halogenated alkanes) is 17. The van der Waals surface area contributed by atoms with Gasteiger partial charge in [-0.25, -0.2) is 4.57 Å². The number of hydrogen-bond donors (Lipinski definition) is 1. The zero-order chi connectivity index (χ0) is 38.6. The van der Waals surface area contributed by atoms with Crippen LogP contribution in [0, 0.1) is 0 Å². The molecule has 0 heterocycles. The number of nitrogens with zero attached hydrogens (tertiary/aromatic N) is 1. The molecule has 0 aromatic heterocycles. The van der Waals surface area contributed by atoms with Gasteiger partial charge < -0.3 is 18.9 Å². The third-order valence-corrected chi connectivity index (χ3v) is 9.67. The lowest BCUT2D eigenvalue weighted by Gasteiger charge is -2.24. The van der Waals surface area contributed by atoms with Gasteiger partial charge in [0.2, 0.25) is 0 Å². The first kappa shape index (κ1) is 50.2. The van der Waals surface area contributed by atoms with Crippen LogP contribution < -0.4 is 0 Å². The number of carbonyl (C=O) groups excluding carboxylic acids is 2. The van der Waals surface area contributed by atoms with Crippen LogP contribution in [0.15, 0.2) is 36.5 Å². The van der Waals surface area contributed by atoms with Crippen molar-refractivity contribution in [3.05, 3.63) is 36.5 Å². The number of esters is 2. The molecule has 0 aliphatic rings. The molecule has 10 heteroatoms. The monoisotopic (exact) mass is 757 g/mol. The summed E-state index contributed by atoms with van der Waals surface area (Å²) in [5.41, 5.74) is 0. The van der Waals surface area contributed by atoms with Crippen LogP contribution in [0.1, 0.15) is 168 Å². The topological polar surface area (TPSA) is 108 Å². The molecule has 1 unspecified atom stereocenters. The highest BCUT2D eigenvalue weighted by atomic mass is 31.2. The number of rotatable bonds is 37. The van der Waals surface area contributed by atoms with Crippen LogP contribution >= 0.6 is 7.82 Å². The van der Waals surface area contributed by atoms with Gasteiger partial charge in [0, 0.05) is 12.8 Å². The van der Waals surface area contributed by atoms with Gasteiger partial charge >= 0.3 is 19.8 Å². The van der Waals surface area contributed by atoms with E-state index in [-0.39, 0.29) is 32.0 Å². The molecule has 0 rings (SSSR count). The average molecular weight is 757 g/mol. The molecule has 0 spiro atoms. The molecule has 0 aliphatic heterocycles. The second-order valence-electron chi connectivity index (χ2n) is 15.0. The number of quaternary nitrogens is 1. The fourth-order valence-electron chi connectivity index (χ4n) is 5.44. The Morgan fingerprint density at radius 3 is 1.63 bits per heavy atom. The van der Waals surface area contributed by atoms with Gasteiger partial charge in [-0.3, -0.25) is 18.6 Å². The molecule has 0 radical (unpaired) electrons. The van der Waals surface area contributed by atoms with Crippen molar-refractivity contribution >= 4 is 19.8 Å². The van der Waals surface area contributed by atoms with Crippen LogP contribution in [0.4, 0.5) is 0 Å². The van der Waals surface area contributed by atoms with E-state index in [2.05, 4.69) is 50.3 Å². The summed E-state index contributed by atoms with van der Waals surface area (Å²) in [6.45, 7) is 4.28. The molecule has 0 aliphatic carbocycles. The molecule has 0 aromatic carbocycles. The third kappa shape index (κ3) is 38.0. The lowest BCUT2D eigenvalue weighted by Crippen LogP contribution is -2.37. The quantitative estimate of drug-likeness (QED) is 0.0219. The maximum absolute atomic E-state index is 12.6. The van der Waals surface area contributed by atoms with Crippen molar-refractivity contribution in [2.45, 2.75) is 174 Å². The van der Waals surface area contributed by atoms with Crippen LogP contribution in [0.2, 0.25) is 0 Å². The van der Waals surface area contributed by atoms with Crippen LogP contribution in [-0.4, -0.2) is 74.9 Å². The van der Waals surface area contributed by atoms with E-state index in [1.54, 1.807) is 0 Å². The predicted octanol–water partition coefficient (Wildman–Crippen LogP) is 11.4. The van der Waals surface area contributed by atoms with E-state index in [4.69, 9.17) is 18.5 Å². The number of allylic oxidation sites excluding steroid dienone is 6. The molecule has 0 saturated heterocycles. The maximum atomic E-state index is 12.6. The summed E-state index contributed by atoms with van der Waals surface area (Å²) in [7, 11) is 1.47. The van der Waals surface area contributed by atoms with Gasteiger partial charge in [0.15, 0.2) is 6.10 Å². The third-order valence-electron chi connectivity index (χ3n) is 8.68. The first-order chi connectivity index (χ1) is 25.0. The Hall–Kier alpha value is -1.77. The summed E-state index contributed by atoms with van der Waals surface area (Å²) in [6, 6.07) is 0. The zero-order valence-electron chi connectivity index (χ0n) is 34.0. The standard InChI is InChI=1S/C42H78NO8P/c1-6-8-10-12-14-16-18-20-21-23-24-26-28-30-32-34-41(44)48-38-40(39-50-52(46,47)49-37-36-43(3,4)5)51-42(45)35-33-31-29-27-25-22-19-17-15-13-11-9-7-2/h8,10,14,16,20-21,40H,6-7,9,11-13,15,17-19,22-39H2,1-5H3/p+1/b10-8-,16-14-,21-20-/t40-/m1/s1. The molecular weight excluding hydrogens is 677 g/mol. The Kier molecular flexibility index (Phi) is 33.8. The van der Waals surface area contributed by atoms with Gasteiger partial charge in [-0.1, -0.05) is 147 Å². The van der Waals surface area contributed by atoms with Crippen molar-refractivity contribution in [3.63, 3.8) is 0 Å². The summed E-state index contributed by atoms with van der Waals surface area (Å²) in [6.07, 6.45) is 37.6. The van der Waals surface area contributed by atoms with Crippen LogP contribution in [-0.2, 0) is 32.7 Å². The van der Waals surface area contributed by atoms with Gasteiger partial charge in [-0.05, 0) is 44.9 Å². The van der Waals surface area contributed by atoms with E-state index >= 15 is 0 Å². The SMILES string of the molecule is CC/C=C\C/C=C\C/C=C\CCCCCCCC(=O)OC[C@H](COP(=O)(O)OCC[N+](C)(C)C)OC(=O)CCCCCCCCCCCCCCC. The smallest absolute Gasteiger partial charge is 0.462 e. The molecule has 0 amide bonds. The van der Waals surface area contributed by atoms with Crippen LogP contribution in [0.3, 0.4) is 0 Å². The van der Waals surface area contributed by atoms with E-state index in [1.165, 1.54) is 64.2 Å². The minimum atomic E-state index is -4.37. The minimum absolute atomic E-state index is 0.0293. The molecule has 0 saturated carbocycles. The van der Waals surface area contributed by atoms with Crippen molar-refractivity contribution in [2.75, 3.05) is 47.5 Å². The van der Waals surface area contributed by atoms with E-state index in [9.17, 15) is 19.0 Å². The summed E-state index contributed by atoms with van der Waals surface area (Å²) in [5, 5.41) is 0. The lowest BCUT2D eigenvalue weighted by atomic mass is 10.0. The van der Waals surface area contributed by atoms with Gasteiger partial charge in [0.25, 0.3) is 0 Å². The Bertz CT molecular complexity index is 991. The second-order valence-corrected chi connectivity index (χ2v) is 16.5. The molecule has 2 atom stereocenters. The molecular formula is C42H79NO8P+. The van der Waals surface area contributed by atoms with Gasteiger partial charge in [-0.2, -0.15) is 0 Å². The average Bonchev–Trinajstić information content (AvgIpc) is 3.09. The molecule has 9 nitrogen and oxygen atoms in total. The number of phosphoric ester groups is 1. The van der Waals surface area contributed by atoms with Crippen molar-refractivity contribution in [2.24, 2.45) is 0 Å². The summed E-state index contributed by atoms with van der Waals surface area (Å²) in [4.78, 5) is 35.3. The highest BCUT2D eigenvalue weighted by Gasteiger charge is 2.27. The first-order valence-electron chi connectivity index (χ1n) is 20.7. The van der Waals surface area contributed by atoms with Crippen molar-refractivity contribution < 1.29 is 42.1 Å². The Balaban J connectivity index is 4.41. The van der Waals surface area contributed by atoms with Gasteiger partial charge in [0.05, 0.1) is 27.7 Å². The molecule has 0 fully saturated rings. The highest BCUT2D eigenvalue weighted by Crippen LogP contribution is 2.43.